The van der Waals surface area contributed by atoms with Crippen molar-refractivity contribution in [3.63, 3.8) is 0 Å². The van der Waals surface area contributed by atoms with E-state index in [9.17, 15) is 68.6 Å². The number of ether oxygens (including phenoxy) is 4. The Kier molecular flexibility index (Phi) is 33.2. The van der Waals surface area contributed by atoms with E-state index < -0.39 is 64.7 Å². The SMILES string of the molecule is CC(Br)c1cccc(C(F)(F)F)c1.CC(Oc1cc(-c2ccc(C(=O)N3C[C@@H](C)N[C@@H](C)C3)cc2)cnc1N)c1cccc(C(F)(F)F)c1.C[C@@H]1CN(C(=O)c2ccc(-c3cnc(N)c(O)c3)cc2)C[C@H](C)N1C(=O)OC(C)(C)C.Cc1cc(-c2cnc(N)c(OC(C)c3cccc(C(F)(F)F)c3)c2)ccc1C(=O)N1C[C@@H](C)N(C(=O)OC(C)(C)C)[C@@H](C)C1.[H-].[Na+]. The maximum atomic E-state index is 13.6. The molecule has 3 saturated heterocycles. The summed E-state index contributed by atoms with van der Waals surface area (Å²) in [7, 11) is 0. The van der Waals surface area contributed by atoms with Crippen LogP contribution in [0.25, 0.3) is 33.4 Å². The molecule has 0 bridgehead atoms. The molecule has 9 aromatic rings. The molecule has 125 heavy (non-hydrogen) atoms. The van der Waals surface area contributed by atoms with Crippen LogP contribution in [0.2, 0.25) is 0 Å². The van der Waals surface area contributed by atoms with Crippen LogP contribution in [0, 0.1) is 6.92 Å². The molecule has 33 heteroatoms. The number of rotatable bonds is 13. The second-order valence-electron chi connectivity index (χ2n) is 33.3. The van der Waals surface area contributed by atoms with Gasteiger partial charge in [0.2, 0.25) is 0 Å². The first-order valence-electron chi connectivity index (χ1n) is 40.3. The van der Waals surface area contributed by atoms with Crippen molar-refractivity contribution in [1.29, 1.82) is 0 Å². The van der Waals surface area contributed by atoms with Crippen LogP contribution in [0.3, 0.4) is 0 Å². The number of nitrogens with two attached hydrogens (primary N) is 3. The standard InChI is InChI=1S/C33H39F3N4O4.C27H29F3N4O2.C23H30N4O4.C9H8BrF3.Na.H/c1-19-13-24(11-12-27(19)30(41)39-17-20(2)40(21(3)18-39)31(42)44-32(5,6)7)25-15-28(29(37)38-16-25)43-22(4)23-9-8-10-26(14-23)33(34,35)36;1-16-14-34(15-17(2)33-16)26(35)20-9-7-19(8-10-20)22-12-24(25(31)32-13-22)36-18(3)21-5-4-6-23(11-21)27(28,29)30;1-14-12-26(13-15(2)27(14)22(30)31-23(3,4)5)21(29)17-8-6-16(7-9-17)18-10-19(28)20(24)25-11-18;1-6(10)7-3-2-4-8(5-7)9(11,12)13;;/h8-16,20-22H,17-18H2,1-7H3,(H2,37,38);4-13,16-18,33H,14-15H2,1-3H3,(H2,31,32);6-11,14-15,28H,12-13H2,1-5H3,(H2,24,25);2-6H,1H3;;/q;;;;+1;-1/t20-,21+,22?;16-,17+,18?;14-,15+;;;. The molecule has 3 aliphatic heterocycles. The van der Waals surface area contributed by atoms with Crippen molar-refractivity contribution in [2.45, 2.75) is 194 Å². The number of nitrogen functional groups attached to an aromatic ring is 3. The van der Waals surface area contributed by atoms with Gasteiger partial charge in [-0.1, -0.05) is 94.8 Å². The number of aromatic hydroxyl groups is 1. The van der Waals surface area contributed by atoms with E-state index in [-0.39, 0.29) is 131 Å². The maximum Gasteiger partial charge on any atom is 1.00 e. The minimum atomic E-state index is -4.47. The normalized spacial score (nSPS) is 18.1. The van der Waals surface area contributed by atoms with Gasteiger partial charge in [0.15, 0.2) is 34.7 Å². The summed E-state index contributed by atoms with van der Waals surface area (Å²) < 4.78 is 138. The number of pyridine rings is 3. The quantitative estimate of drug-likeness (QED) is 0.0407. The van der Waals surface area contributed by atoms with Gasteiger partial charge >= 0.3 is 60.3 Å². The van der Waals surface area contributed by atoms with E-state index in [0.29, 0.717) is 89.3 Å². The number of alkyl halides is 10. The first kappa shape index (κ1) is 99.8. The van der Waals surface area contributed by atoms with Gasteiger partial charge in [-0.2, -0.15) is 39.5 Å². The van der Waals surface area contributed by atoms with Gasteiger partial charge in [0.25, 0.3) is 17.7 Å². The van der Waals surface area contributed by atoms with Crippen LogP contribution < -0.4 is 61.5 Å². The van der Waals surface area contributed by atoms with E-state index in [1.807, 2.05) is 111 Å². The third kappa shape index (κ3) is 27.2. The van der Waals surface area contributed by atoms with Crippen molar-refractivity contribution in [1.82, 2.24) is 44.8 Å². The molecule has 3 fully saturated rings. The molecule has 8 N–H and O–H groups in total. The molecule has 3 aromatic heterocycles. The van der Waals surface area contributed by atoms with Gasteiger partial charge in [0.1, 0.15) is 23.4 Å². The number of benzene rings is 6. The van der Waals surface area contributed by atoms with Crippen molar-refractivity contribution in [3.05, 3.63) is 232 Å². The number of hydrogen-bond donors (Lipinski definition) is 5. The topological polar surface area (TPSA) is 287 Å². The molecule has 666 valence electrons. The Morgan fingerprint density at radius 2 is 0.776 bits per heavy atom. The van der Waals surface area contributed by atoms with E-state index >= 15 is 0 Å². The maximum absolute atomic E-state index is 13.6. The van der Waals surface area contributed by atoms with Gasteiger partial charge < -0.3 is 62.7 Å². The molecule has 22 nitrogen and oxygen atoms in total. The monoisotopic (exact) mass is 1810 g/mol. The molecule has 3 unspecified atom stereocenters. The minimum absolute atomic E-state index is 0. The molecule has 5 amide bonds. The Labute approximate surface area is 754 Å². The van der Waals surface area contributed by atoms with Gasteiger partial charge in [0.05, 0.1) is 40.9 Å². The summed E-state index contributed by atoms with van der Waals surface area (Å²) in [5.74, 6) is 0.482. The van der Waals surface area contributed by atoms with Crippen LogP contribution in [-0.4, -0.2) is 161 Å². The molecular formula is C92H107BrF9N12NaO10. The second-order valence-corrected chi connectivity index (χ2v) is 34.7. The zero-order chi connectivity index (χ0) is 91.6. The summed E-state index contributed by atoms with van der Waals surface area (Å²) in [5, 5.41) is 13.2. The number of nitrogens with one attached hydrogen (secondary N) is 1. The molecule has 0 radical (unpaired) electrons. The van der Waals surface area contributed by atoms with Crippen LogP contribution in [0.1, 0.15) is 192 Å². The van der Waals surface area contributed by atoms with Gasteiger partial charge in [-0.25, -0.2) is 24.5 Å². The summed E-state index contributed by atoms with van der Waals surface area (Å²) in [6.07, 6.45) is -10.6. The predicted molar refractivity (Wildman–Crippen MR) is 463 cm³/mol. The number of anilines is 3. The zero-order valence-electron chi connectivity index (χ0n) is 73.9. The number of carbonyl (C=O) groups is 5. The van der Waals surface area contributed by atoms with E-state index in [4.69, 9.17) is 36.1 Å². The molecule has 6 heterocycles. The summed E-state index contributed by atoms with van der Waals surface area (Å²) in [6, 6.07) is 39.6. The number of hydrogen-bond acceptors (Lipinski definition) is 17. The van der Waals surface area contributed by atoms with Crippen LogP contribution in [0.15, 0.2) is 176 Å². The van der Waals surface area contributed by atoms with Gasteiger partial charge in [0, 0.05) is 108 Å². The Balaban J connectivity index is 0.000000242. The third-order valence-corrected chi connectivity index (χ3v) is 21.0. The number of nitrogens with zero attached hydrogens (tertiary/aromatic N) is 8. The number of aromatic nitrogens is 3. The fourth-order valence-electron chi connectivity index (χ4n) is 14.5. The van der Waals surface area contributed by atoms with Crippen molar-refractivity contribution in [3.8, 4) is 50.6 Å². The summed E-state index contributed by atoms with van der Waals surface area (Å²) in [5.41, 5.74) is 22.6. The number of halogens is 10. The first-order chi connectivity index (χ1) is 57.8. The summed E-state index contributed by atoms with van der Waals surface area (Å²) >= 11 is 3.22. The summed E-state index contributed by atoms with van der Waals surface area (Å²) in [4.78, 5) is 86.0. The zero-order valence-corrected chi connectivity index (χ0v) is 76.5. The number of carbonyl (C=O) groups excluding carboxylic acids is 5. The molecule has 0 aliphatic carbocycles. The molecular weight excluding hydrogens is 1710 g/mol. The van der Waals surface area contributed by atoms with Crippen LogP contribution >= 0.6 is 15.9 Å². The molecule has 3 aliphatic rings. The fourth-order valence-corrected chi connectivity index (χ4v) is 14.8. The number of piperazine rings is 3. The smallest absolute Gasteiger partial charge is 1.00 e. The van der Waals surface area contributed by atoms with E-state index in [1.165, 1.54) is 18.2 Å². The molecule has 6 aromatic carbocycles. The average molecular weight is 1810 g/mol. The van der Waals surface area contributed by atoms with Gasteiger partial charge in [-0.15, -0.1) is 0 Å². The minimum Gasteiger partial charge on any atom is -1.00 e. The van der Waals surface area contributed by atoms with Crippen molar-refractivity contribution in [2.75, 3.05) is 56.5 Å². The second kappa shape index (κ2) is 41.6. The van der Waals surface area contributed by atoms with Crippen molar-refractivity contribution in [2.24, 2.45) is 0 Å². The van der Waals surface area contributed by atoms with Crippen molar-refractivity contribution >= 4 is 63.3 Å². The van der Waals surface area contributed by atoms with Crippen LogP contribution in [-0.2, 0) is 28.0 Å². The molecule has 9 atom stereocenters. The van der Waals surface area contributed by atoms with Gasteiger partial charge in [-0.05, 0) is 229 Å². The first-order valence-corrected chi connectivity index (χ1v) is 41.2. The summed E-state index contributed by atoms with van der Waals surface area (Å²) in [6.45, 7) is 32.6. The van der Waals surface area contributed by atoms with Crippen molar-refractivity contribution < 1.29 is 119 Å². The number of aryl methyl sites for hydroxylation is 1. The van der Waals surface area contributed by atoms with E-state index in [1.54, 1.807) is 132 Å². The van der Waals surface area contributed by atoms with Gasteiger partial charge in [-0.3, -0.25) is 24.2 Å². The van der Waals surface area contributed by atoms with Crippen LogP contribution in [0.5, 0.6) is 17.2 Å². The Morgan fingerprint density at radius 1 is 0.448 bits per heavy atom. The number of amides is 5. The molecule has 0 saturated carbocycles. The fraction of sp³-hybridized carbons (Fsp3) is 0.391. The largest absolute Gasteiger partial charge is 1.00 e. The van der Waals surface area contributed by atoms with E-state index in [0.717, 1.165) is 58.7 Å². The molecule has 12 rings (SSSR count). The molecule has 0 spiro atoms. The Hall–Kier alpha value is -10.7. The van der Waals surface area contributed by atoms with E-state index in [2.05, 4.69) is 50.0 Å². The average Bonchev–Trinajstić information content (AvgIpc) is 0.797. The Bertz CT molecular complexity index is 5220. The predicted octanol–water partition coefficient (Wildman–Crippen LogP) is 17.4. The Morgan fingerprint density at radius 3 is 1.13 bits per heavy atom. The van der Waals surface area contributed by atoms with Crippen LogP contribution in [0.4, 0.5) is 66.6 Å². The third-order valence-electron chi connectivity index (χ3n) is 20.5.